The van der Waals surface area contributed by atoms with Crippen molar-refractivity contribution in [2.24, 2.45) is 17.8 Å². The number of fused-ring (bicyclic) bond motifs is 1. The highest BCUT2D eigenvalue weighted by atomic mass is 79.9. The lowest BCUT2D eigenvalue weighted by Gasteiger charge is -2.29. The van der Waals surface area contributed by atoms with Gasteiger partial charge in [-0.2, -0.15) is 0 Å². The van der Waals surface area contributed by atoms with Crippen LogP contribution in [0, 0.1) is 23.6 Å². The number of alkyl carbamates (subject to hydrolysis) is 1. The fraction of sp³-hybridized carbons (Fsp3) is 0.667. The molecule has 4 nitrogen and oxygen atoms in total. The average Bonchev–Trinajstić information content (AvgIpc) is 3.01. The van der Waals surface area contributed by atoms with E-state index in [1.54, 1.807) is 6.07 Å². The Kier molecular flexibility index (Phi) is 6.16. The van der Waals surface area contributed by atoms with Gasteiger partial charge in [-0.05, 0) is 69.1 Å². The molecule has 0 aromatic heterocycles. The van der Waals surface area contributed by atoms with Gasteiger partial charge in [0.1, 0.15) is 11.4 Å². The van der Waals surface area contributed by atoms with Gasteiger partial charge in [0.15, 0.2) is 0 Å². The average molecular weight is 441 g/mol. The van der Waals surface area contributed by atoms with E-state index in [4.69, 9.17) is 4.74 Å². The molecule has 1 heterocycles. The van der Waals surface area contributed by atoms with Gasteiger partial charge in [-0.15, -0.1) is 0 Å². The number of nitrogens with one attached hydrogen (secondary N) is 1. The van der Waals surface area contributed by atoms with Crippen LogP contribution in [0.25, 0.3) is 0 Å². The highest BCUT2D eigenvalue weighted by Gasteiger charge is 2.56. The number of hydrogen-bond donors (Lipinski definition) is 1. The second-order valence-electron chi connectivity index (χ2n) is 8.83. The van der Waals surface area contributed by atoms with Crippen LogP contribution in [0.4, 0.5) is 9.18 Å². The van der Waals surface area contributed by atoms with E-state index in [2.05, 4.69) is 33.1 Å². The van der Waals surface area contributed by atoms with Gasteiger partial charge < -0.3 is 10.1 Å². The Morgan fingerprint density at radius 3 is 2.59 bits per heavy atom. The molecule has 3 unspecified atom stereocenters. The summed E-state index contributed by atoms with van der Waals surface area (Å²) in [5.41, 5.74) is 0.325. The topological polar surface area (TPSA) is 41.6 Å². The molecule has 0 radical (unpaired) electrons. The van der Waals surface area contributed by atoms with Crippen molar-refractivity contribution >= 4 is 22.0 Å². The molecule has 1 N–H and O–H groups in total. The van der Waals surface area contributed by atoms with Crippen molar-refractivity contribution < 1.29 is 13.9 Å². The molecule has 0 spiro atoms. The third-order valence-electron chi connectivity index (χ3n) is 5.74. The quantitative estimate of drug-likeness (QED) is 0.701. The van der Waals surface area contributed by atoms with Crippen molar-refractivity contribution in [2.75, 3.05) is 19.6 Å². The SMILES string of the molecule is CCC(Cc1ccc(Br)cc1F)N1CC2C(CNC(=O)OC(C)(C)C)C2C1. The number of nitrogens with zero attached hydrogens (tertiary/aromatic N) is 1. The molecule has 6 heteroatoms. The largest absolute Gasteiger partial charge is 0.444 e. The molecule has 1 aromatic rings. The number of piperidine rings is 1. The Balaban J connectivity index is 1.46. The van der Waals surface area contributed by atoms with E-state index in [1.807, 2.05) is 32.9 Å². The lowest BCUT2D eigenvalue weighted by Crippen LogP contribution is -2.39. The molecular weight excluding hydrogens is 411 g/mol. The summed E-state index contributed by atoms with van der Waals surface area (Å²) < 4.78 is 20.3. The Morgan fingerprint density at radius 2 is 2.04 bits per heavy atom. The maximum Gasteiger partial charge on any atom is 0.407 e. The van der Waals surface area contributed by atoms with Crippen molar-refractivity contribution in [3.63, 3.8) is 0 Å². The molecule has 1 aliphatic heterocycles. The monoisotopic (exact) mass is 440 g/mol. The molecule has 1 amide bonds. The van der Waals surface area contributed by atoms with Gasteiger partial charge in [0.25, 0.3) is 0 Å². The van der Waals surface area contributed by atoms with Gasteiger partial charge in [-0.25, -0.2) is 9.18 Å². The van der Waals surface area contributed by atoms with Gasteiger partial charge in [0, 0.05) is 30.1 Å². The number of ether oxygens (including phenoxy) is 1. The summed E-state index contributed by atoms with van der Waals surface area (Å²) in [6.45, 7) is 10.6. The van der Waals surface area contributed by atoms with Crippen LogP contribution in [0.5, 0.6) is 0 Å². The molecular formula is C21H30BrFN2O2. The van der Waals surface area contributed by atoms with Crippen molar-refractivity contribution in [1.82, 2.24) is 10.2 Å². The van der Waals surface area contributed by atoms with Gasteiger partial charge >= 0.3 is 6.09 Å². The summed E-state index contributed by atoms with van der Waals surface area (Å²) in [7, 11) is 0. The molecule has 3 rings (SSSR count). The Labute approximate surface area is 170 Å². The minimum absolute atomic E-state index is 0.133. The lowest BCUT2D eigenvalue weighted by molar-refractivity contribution is 0.0521. The van der Waals surface area contributed by atoms with Crippen LogP contribution in [0.3, 0.4) is 0 Å². The smallest absolute Gasteiger partial charge is 0.407 e. The minimum atomic E-state index is -0.461. The van der Waals surface area contributed by atoms with E-state index >= 15 is 0 Å². The van der Waals surface area contributed by atoms with Crippen LogP contribution in [0.2, 0.25) is 0 Å². The molecule has 27 heavy (non-hydrogen) atoms. The first-order valence-corrected chi connectivity index (χ1v) is 10.6. The van der Waals surface area contributed by atoms with Crippen LogP contribution in [-0.2, 0) is 11.2 Å². The molecule has 2 aliphatic rings. The molecule has 1 aliphatic carbocycles. The van der Waals surface area contributed by atoms with Gasteiger partial charge in [0.2, 0.25) is 0 Å². The van der Waals surface area contributed by atoms with Crippen LogP contribution in [0.15, 0.2) is 22.7 Å². The van der Waals surface area contributed by atoms with Crippen LogP contribution in [0.1, 0.15) is 39.7 Å². The highest BCUT2D eigenvalue weighted by molar-refractivity contribution is 9.10. The third-order valence-corrected chi connectivity index (χ3v) is 6.23. The zero-order valence-corrected chi connectivity index (χ0v) is 18.2. The number of carbonyl (C=O) groups is 1. The number of carbonyl (C=O) groups excluding carboxylic acids is 1. The molecule has 150 valence electrons. The highest BCUT2D eigenvalue weighted by Crippen LogP contribution is 2.52. The second kappa shape index (κ2) is 8.08. The van der Waals surface area contributed by atoms with Crippen molar-refractivity contribution in [3.05, 3.63) is 34.1 Å². The van der Waals surface area contributed by atoms with Crippen molar-refractivity contribution in [1.29, 1.82) is 0 Å². The van der Waals surface area contributed by atoms with E-state index in [0.717, 1.165) is 36.0 Å². The molecule has 2 fully saturated rings. The number of amides is 1. The third kappa shape index (κ3) is 5.23. The molecule has 0 bridgehead atoms. The Hall–Kier alpha value is -1.14. The summed E-state index contributed by atoms with van der Waals surface area (Å²) in [5, 5.41) is 2.91. The van der Waals surface area contributed by atoms with E-state index in [0.29, 0.717) is 30.3 Å². The van der Waals surface area contributed by atoms with E-state index < -0.39 is 5.60 Å². The summed E-state index contributed by atoms with van der Waals surface area (Å²) in [5.74, 6) is 1.70. The predicted molar refractivity (Wildman–Crippen MR) is 108 cm³/mol. The van der Waals surface area contributed by atoms with Crippen LogP contribution >= 0.6 is 15.9 Å². The van der Waals surface area contributed by atoms with E-state index in [-0.39, 0.29) is 11.9 Å². The maximum absolute atomic E-state index is 14.2. The number of halogens is 2. The first-order valence-electron chi connectivity index (χ1n) is 9.82. The normalized spacial score (nSPS) is 25.8. The standard InChI is InChI=1S/C21H30BrFN2O2/c1-5-15(8-13-6-7-14(22)9-19(13)23)25-11-17-16(18(17)12-25)10-24-20(26)27-21(2,3)4/h6-7,9,15-18H,5,8,10-12H2,1-4H3,(H,24,26). The van der Waals surface area contributed by atoms with Crippen LogP contribution in [-0.4, -0.2) is 42.3 Å². The number of likely N-dealkylation sites (tertiary alicyclic amines) is 1. The summed E-state index contributed by atoms with van der Waals surface area (Å²) in [6, 6.07) is 5.70. The Morgan fingerprint density at radius 1 is 1.37 bits per heavy atom. The first kappa shape index (κ1) is 20.6. The van der Waals surface area contributed by atoms with E-state index in [1.165, 1.54) is 0 Å². The first-order chi connectivity index (χ1) is 12.7. The zero-order chi connectivity index (χ0) is 19.8. The summed E-state index contributed by atoms with van der Waals surface area (Å²) >= 11 is 3.32. The van der Waals surface area contributed by atoms with Gasteiger partial charge in [0.05, 0.1) is 0 Å². The molecule has 1 saturated carbocycles. The molecule has 1 saturated heterocycles. The predicted octanol–water partition coefficient (Wildman–Crippen LogP) is 4.61. The zero-order valence-electron chi connectivity index (χ0n) is 16.6. The van der Waals surface area contributed by atoms with Crippen molar-refractivity contribution in [3.8, 4) is 0 Å². The second-order valence-corrected chi connectivity index (χ2v) is 9.75. The number of hydrogen-bond acceptors (Lipinski definition) is 3. The maximum atomic E-state index is 14.2. The van der Waals surface area contributed by atoms with Crippen LogP contribution < -0.4 is 5.32 Å². The lowest BCUT2D eigenvalue weighted by atomic mass is 10.0. The molecule has 3 atom stereocenters. The summed E-state index contributed by atoms with van der Waals surface area (Å²) in [6.07, 6.45) is 1.42. The minimum Gasteiger partial charge on any atom is -0.444 e. The Bertz CT molecular complexity index is 679. The van der Waals surface area contributed by atoms with E-state index in [9.17, 15) is 9.18 Å². The number of rotatable bonds is 6. The fourth-order valence-corrected chi connectivity index (χ4v) is 4.60. The van der Waals surface area contributed by atoms with Gasteiger partial charge in [-0.1, -0.05) is 28.9 Å². The van der Waals surface area contributed by atoms with Gasteiger partial charge in [-0.3, -0.25) is 4.90 Å². The molecule has 1 aromatic carbocycles. The fourth-order valence-electron chi connectivity index (χ4n) is 4.27. The summed E-state index contributed by atoms with van der Waals surface area (Å²) in [4.78, 5) is 14.3. The number of benzene rings is 1. The van der Waals surface area contributed by atoms with Crippen molar-refractivity contribution in [2.45, 2.75) is 52.2 Å².